The van der Waals surface area contributed by atoms with Gasteiger partial charge in [0.15, 0.2) is 0 Å². The van der Waals surface area contributed by atoms with Crippen LogP contribution < -0.4 is 9.64 Å². The number of carboxylic acid groups (broad SMARTS) is 1. The Balaban J connectivity index is 2.11. The summed E-state index contributed by atoms with van der Waals surface area (Å²) >= 11 is 0. The first-order valence-corrected chi connectivity index (χ1v) is 8.44. The molecule has 0 aliphatic carbocycles. The number of likely N-dealkylation sites (N-methyl/N-ethyl adjacent to an activating group) is 1. The Kier molecular flexibility index (Phi) is 6.28. The van der Waals surface area contributed by atoms with Gasteiger partial charge in [0.05, 0.1) is 11.3 Å². The van der Waals surface area contributed by atoms with Crippen molar-refractivity contribution in [3.8, 4) is 5.75 Å². The highest BCUT2D eigenvalue weighted by atomic mass is 16.5. The minimum absolute atomic E-state index is 0.317. The van der Waals surface area contributed by atoms with Gasteiger partial charge in [-0.3, -0.25) is 0 Å². The van der Waals surface area contributed by atoms with Gasteiger partial charge < -0.3 is 19.6 Å². The number of hydrogen-bond acceptors (Lipinski definition) is 4. The lowest BCUT2D eigenvalue weighted by Gasteiger charge is -2.30. The number of benzene rings is 1. The average Bonchev–Trinajstić information content (AvgIpc) is 2.55. The second kappa shape index (κ2) is 8.20. The Hall–Kier alpha value is -1.75. The molecule has 1 heterocycles. The quantitative estimate of drug-likeness (QED) is 0.836. The third kappa shape index (κ3) is 4.86. The topological polar surface area (TPSA) is 53.0 Å². The maximum atomic E-state index is 11.3. The van der Waals surface area contributed by atoms with E-state index in [0.29, 0.717) is 18.2 Å². The van der Waals surface area contributed by atoms with Crippen molar-refractivity contribution in [2.24, 2.45) is 0 Å². The number of hydrogen-bond donors (Lipinski definition) is 1. The fourth-order valence-corrected chi connectivity index (χ4v) is 2.71. The molecule has 5 nitrogen and oxygen atoms in total. The van der Waals surface area contributed by atoms with Gasteiger partial charge in [0, 0.05) is 25.7 Å². The maximum Gasteiger partial charge on any atom is 0.335 e. The van der Waals surface area contributed by atoms with Crippen LogP contribution in [0.5, 0.6) is 5.75 Å². The van der Waals surface area contributed by atoms with Crippen molar-refractivity contribution in [2.45, 2.75) is 39.2 Å². The zero-order chi connectivity index (χ0) is 16.8. The molecule has 1 aliphatic rings. The van der Waals surface area contributed by atoms with Gasteiger partial charge in [-0.15, -0.1) is 0 Å². The number of nitrogens with zero attached hydrogens (tertiary/aromatic N) is 2. The molecule has 0 spiro atoms. The molecule has 0 amide bonds. The van der Waals surface area contributed by atoms with Crippen molar-refractivity contribution < 1.29 is 14.6 Å². The van der Waals surface area contributed by atoms with Crippen molar-refractivity contribution in [3.63, 3.8) is 0 Å². The second-order valence-electron chi connectivity index (χ2n) is 6.46. The molecule has 2 rings (SSSR count). The van der Waals surface area contributed by atoms with Gasteiger partial charge in [0.2, 0.25) is 0 Å². The molecule has 5 heteroatoms. The Bertz CT molecular complexity index is 525. The summed E-state index contributed by atoms with van der Waals surface area (Å²) in [5, 5.41) is 9.24. The lowest BCUT2D eigenvalue weighted by molar-refractivity contribution is 0.0697. The molecule has 0 radical (unpaired) electrons. The van der Waals surface area contributed by atoms with Gasteiger partial charge in [-0.2, -0.15) is 0 Å². The molecule has 1 fully saturated rings. The lowest BCUT2D eigenvalue weighted by Crippen LogP contribution is -2.32. The number of carbonyl (C=O) groups is 1. The van der Waals surface area contributed by atoms with Gasteiger partial charge in [-0.1, -0.05) is 0 Å². The van der Waals surface area contributed by atoms with Crippen molar-refractivity contribution in [2.75, 3.05) is 38.2 Å². The van der Waals surface area contributed by atoms with Crippen LogP contribution in [0.3, 0.4) is 0 Å². The summed E-state index contributed by atoms with van der Waals surface area (Å²) in [6.07, 6.45) is 3.53. The van der Waals surface area contributed by atoms with Crippen LogP contribution in [0, 0.1) is 0 Å². The summed E-state index contributed by atoms with van der Waals surface area (Å²) in [7, 11) is 2.08. The molecule has 0 unspecified atom stereocenters. The number of ether oxygens (including phenoxy) is 1. The summed E-state index contributed by atoms with van der Waals surface area (Å²) in [6.45, 7) is 7.68. The molecule has 1 saturated heterocycles. The van der Waals surface area contributed by atoms with E-state index in [9.17, 15) is 9.90 Å². The number of anilines is 1. The van der Waals surface area contributed by atoms with Crippen LogP contribution in [0.4, 0.5) is 5.69 Å². The average molecular weight is 320 g/mol. The molecular weight excluding hydrogens is 292 g/mol. The van der Waals surface area contributed by atoms with Crippen molar-refractivity contribution in [3.05, 3.63) is 23.8 Å². The first-order chi connectivity index (χ1) is 11.0. The fourth-order valence-electron chi connectivity index (χ4n) is 2.71. The van der Waals surface area contributed by atoms with E-state index in [0.717, 1.165) is 43.9 Å². The molecule has 0 atom stereocenters. The van der Waals surface area contributed by atoms with E-state index in [1.54, 1.807) is 18.2 Å². The number of carboxylic acids is 1. The minimum Gasteiger partial charge on any atom is -0.490 e. The Morgan fingerprint density at radius 3 is 2.61 bits per heavy atom. The first kappa shape index (κ1) is 17.6. The molecule has 0 bridgehead atoms. The highest BCUT2D eigenvalue weighted by Gasteiger charge is 2.18. The van der Waals surface area contributed by atoms with E-state index < -0.39 is 5.97 Å². The summed E-state index contributed by atoms with van der Waals surface area (Å²) in [5.41, 5.74) is 1.23. The standard InChI is InChI=1S/C18H28N2O3/c1-14(2)19(3)11-12-23-17-8-7-15(18(21)22)13-16(17)20-9-5-4-6-10-20/h7-8,13-14H,4-6,9-12H2,1-3H3,(H,21,22). The smallest absolute Gasteiger partial charge is 0.335 e. The van der Waals surface area contributed by atoms with E-state index in [4.69, 9.17) is 4.74 Å². The Labute approximate surface area is 138 Å². The molecule has 1 aromatic rings. The molecule has 1 aromatic carbocycles. The molecule has 0 aromatic heterocycles. The van der Waals surface area contributed by atoms with Gasteiger partial charge in [-0.25, -0.2) is 4.79 Å². The largest absolute Gasteiger partial charge is 0.490 e. The molecule has 23 heavy (non-hydrogen) atoms. The normalized spacial score (nSPS) is 15.3. The number of aromatic carboxylic acids is 1. The van der Waals surface area contributed by atoms with E-state index >= 15 is 0 Å². The van der Waals surface area contributed by atoms with Crippen molar-refractivity contribution >= 4 is 11.7 Å². The predicted octanol–water partition coefficient (Wildman–Crippen LogP) is 3.09. The molecule has 1 N–H and O–H groups in total. The van der Waals surface area contributed by atoms with Crippen LogP contribution in [0.1, 0.15) is 43.5 Å². The van der Waals surface area contributed by atoms with Crippen LogP contribution in [0.25, 0.3) is 0 Å². The molecule has 0 saturated carbocycles. The molecular formula is C18H28N2O3. The first-order valence-electron chi connectivity index (χ1n) is 8.44. The highest BCUT2D eigenvalue weighted by molar-refractivity contribution is 5.89. The van der Waals surface area contributed by atoms with Crippen LogP contribution in [0.15, 0.2) is 18.2 Å². The monoisotopic (exact) mass is 320 g/mol. The Morgan fingerprint density at radius 2 is 2.00 bits per heavy atom. The lowest BCUT2D eigenvalue weighted by atomic mass is 10.1. The van der Waals surface area contributed by atoms with E-state index in [2.05, 4.69) is 30.7 Å². The van der Waals surface area contributed by atoms with E-state index in [1.165, 1.54) is 6.42 Å². The van der Waals surface area contributed by atoms with Crippen LogP contribution in [-0.4, -0.2) is 55.3 Å². The second-order valence-corrected chi connectivity index (χ2v) is 6.46. The van der Waals surface area contributed by atoms with Crippen LogP contribution in [0.2, 0.25) is 0 Å². The SMILES string of the molecule is CC(C)N(C)CCOc1ccc(C(=O)O)cc1N1CCCCC1. The summed E-state index contributed by atoms with van der Waals surface area (Å²) in [4.78, 5) is 15.7. The van der Waals surface area contributed by atoms with Crippen LogP contribution in [-0.2, 0) is 0 Å². The number of piperidine rings is 1. The summed E-state index contributed by atoms with van der Waals surface area (Å²) < 4.78 is 5.97. The highest BCUT2D eigenvalue weighted by Crippen LogP contribution is 2.31. The third-order valence-corrected chi connectivity index (χ3v) is 4.49. The zero-order valence-corrected chi connectivity index (χ0v) is 14.4. The maximum absolute atomic E-state index is 11.3. The molecule has 128 valence electrons. The van der Waals surface area contributed by atoms with Gasteiger partial charge in [0.25, 0.3) is 0 Å². The zero-order valence-electron chi connectivity index (χ0n) is 14.4. The Morgan fingerprint density at radius 1 is 1.30 bits per heavy atom. The minimum atomic E-state index is -0.894. The van der Waals surface area contributed by atoms with Gasteiger partial charge in [0.1, 0.15) is 12.4 Å². The van der Waals surface area contributed by atoms with Crippen molar-refractivity contribution in [1.29, 1.82) is 0 Å². The van der Waals surface area contributed by atoms with Crippen LogP contribution >= 0.6 is 0 Å². The van der Waals surface area contributed by atoms with E-state index in [1.807, 2.05) is 0 Å². The molecule has 1 aliphatic heterocycles. The van der Waals surface area contributed by atoms with Gasteiger partial charge in [-0.05, 0) is 58.4 Å². The van der Waals surface area contributed by atoms with Gasteiger partial charge >= 0.3 is 5.97 Å². The third-order valence-electron chi connectivity index (χ3n) is 4.49. The number of rotatable bonds is 7. The summed E-state index contributed by atoms with van der Waals surface area (Å²) in [6, 6.07) is 5.64. The fraction of sp³-hybridized carbons (Fsp3) is 0.611. The predicted molar refractivity (Wildman–Crippen MR) is 92.7 cm³/mol. The summed E-state index contributed by atoms with van der Waals surface area (Å²) in [5.74, 6) is -0.108. The van der Waals surface area contributed by atoms with Crippen molar-refractivity contribution in [1.82, 2.24) is 4.90 Å². The van der Waals surface area contributed by atoms with E-state index in [-0.39, 0.29) is 0 Å².